The minimum absolute atomic E-state index is 0.0169. The van der Waals surface area contributed by atoms with Crippen molar-refractivity contribution in [3.8, 4) is 0 Å². The van der Waals surface area contributed by atoms with Crippen LogP contribution in [0.5, 0.6) is 0 Å². The first-order chi connectivity index (χ1) is 39.9. The fourth-order valence-corrected chi connectivity index (χ4v) is 12.7. The fourth-order valence-electron chi connectivity index (χ4n) is 12.7. The smallest absolute Gasteiger partial charge is 0.261 e. The van der Waals surface area contributed by atoms with E-state index >= 15 is 0 Å². The first-order valence-electron chi connectivity index (χ1n) is 28.0. The van der Waals surface area contributed by atoms with Crippen molar-refractivity contribution in [2.24, 2.45) is 26.6 Å². The number of benzene rings is 9. The van der Waals surface area contributed by atoms with E-state index in [0.29, 0.717) is 22.8 Å². The zero-order valence-electron chi connectivity index (χ0n) is 47.6. The fraction of sp³-hybridized carbons (Fsp3) is 0.211. The van der Waals surface area contributed by atoms with Gasteiger partial charge in [0.05, 0.1) is 6.61 Å². The van der Waals surface area contributed by atoms with Crippen LogP contribution in [0.2, 0.25) is 0 Å². The molecule has 2 saturated heterocycles. The van der Waals surface area contributed by atoms with E-state index < -0.39 is 0 Å². The van der Waals surface area contributed by atoms with Crippen LogP contribution in [0.3, 0.4) is 0 Å². The van der Waals surface area contributed by atoms with Gasteiger partial charge in [0.1, 0.15) is 6.61 Å². The molecule has 5 heterocycles. The second-order valence-corrected chi connectivity index (χ2v) is 22.3. The number of amides is 2. The topological polar surface area (TPSA) is 133 Å². The second kappa shape index (κ2) is 22.1. The third-order valence-corrected chi connectivity index (χ3v) is 17.5. The van der Waals surface area contributed by atoms with Gasteiger partial charge in [-0.25, -0.2) is 0 Å². The Morgan fingerprint density at radius 1 is 0.349 bits per heavy atom. The lowest BCUT2D eigenvalue weighted by molar-refractivity contribution is -0.137. The van der Waals surface area contributed by atoms with E-state index in [0.717, 1.165) is 83.4 Å². The van der Waals surface area contributed by atoms with Gasteiger partial charge >= 0.3 is 0 Å². The number of likely N-dealkylation sites (tertiary alicyclic amines) is 1. The summed E-state index contributed by atoms with van der Waals surface area (Å²) in [6.07, 6.45) is 8.18. The zero-order chi connectivity index (χ0) is 58.6. The molecule has 12 heteroatoms. The lowest BCUT2D eigenvalue weighted by Gasteiger charge is -2.43. The first-order valence-corrected chi connectivity index (χ1v) is 28.0. The number of likely N-dealkylation sites (N-methyl/N-ethyl adjacent to an activating group) is 1. The van der Waals surface area contributed by atoms with Crippen molar-refractivity contribution in [3.05, 3.63) is 222 Å². The van der Waals surface area contributed by atoms with Crippen LogP contribution in [0.1, 0.15) is 44.9 Å². The Morgan fingerprint density at radius 2 is 0.723 bits per heavy atom. The Hall–Kier alpha value is -9.52. The number of hydrogen-bond donors (Lipinski definition) is 0. The molecule has 83 heavy (non-hydrogen) atoms. The number of aromatic nitrogens is 3. The molecular formula is C71H65N5O7. The van der Waals surface area contributed by atoms with E-state index in [9.17, 15) is 28.8 Å². The van der Waals surface area contributed by atoms with Gasteiger partial charge < -0.3 is 23.7 Å². The highest BCUT2D eigenvalue weighted by Gasteiger charge is 2.40. The van der Waals surface area contributed by atoms with E-state index in [2.05, 4.69) is 80.9 Å². The van der Waals surface area contributed by atoms with Crippen molar-refractivity contribution in [2.45, 2.75) is 44.9 Å². The highest BCUT2D eigenvalue weighted by Crippen LogP contribution is 2.47. The highest BCUT2D eigenvalue weighted by molar-refractivity contribution is 6.36. The normalized spacial score (nSPS) is 15.2. The lowest BCUT2D eigenvalue weighted by Crippen LogP contribution is -2.41. The zero-order valence-corrected chi connectivity index (χ0v) is 47.6. The van der Waals surface area contributed by atoms with Crippen LogP contribution in [-0.2, 0) is 35.5 Å². The first kappa shape index (κ1) is 55.4. The molecule has 2 aliphatic heterocycles. The van der Waals surface area contributed by atoms with Crippen molar-refractivity contribution in [3.63, 3.8) is 0 Å². The van der Waals surface area contributed by atoms with Crippen LogP contribution in [0.25, 0.3) is 110 Å². The van der Waals surface area contributed by atoms with Gasteiger partial charge in [-0.1, -0.05) is 167 Å². The second-order valence-electron chi connectivity index (χ2n) is 22.3. The molecule has 3 aliphatic rings. The number of piperidine rings is 1. The van der Waals surface area contributed by atoms with Gasteiger partial charge in [0.2, 0.25) is 5.91 Å². The SMILES string of the molecule is C=C1CC2(CCCCC2)CC(=O)N1C.C=C1COCC(=O)N1C.C=c1c2ccc3c4cccc5cccc(c6ccc(c(=O)n1C)c2c36)c54.C=c1c2cccc3cccc(c(=O)n1C)c32.Cn1c(=O)c2ccccc2c2ccccc2c1=O. The number of allylic oxidation sites excluding steroid dienone is 1. The lowest BCUT2D eigenvalue weighted by atomic mass is 9.67. The number of fused-ring (bicyclic) bond motifs is 5. The maximum absolute atomic E-state index is 12.8. The molecule has 1 spiro atoms. The molecule has 416 valence electrons. The Labute approximate surface area is 478 Å². The third kappa shape index (κ3) is 9.72. The van der Waals surface area contributed by atoms with Gasteiger partial charge in [-0.2, -0.15) is 0 Å². The Bertz CT molecular complexity index is 4730. The van der Waals surface area contributed by atoms with Crippen LogP contribution in [0.4, 0.5) is 0 Å². The molecule has 0 atom stereocenters. The number of carbonyl (C=O) groups excluding carboxylic acids is 2. The van der Waals surface area contributed by atoms with Crippen molar-refractivity contribution in [1.29, 1.82) is 0 Å². The maximum Gasteiger partial charge on any atom is 0.261 e. The molecule has 0 unspecified atom stereocenters. The van der Waals surface area contributed by atoms with Gasteiger partial charge in [-0.05, 0) is 103 Å². The number of carbonyl (C=O) groups is 2. The van der Waals surface area contributed by atoms with Crippen molar-refractivity contribution < 1.29 is 14.3 Å². The summed E-state index contributed by atoms with van der Waals surface area (Å²) >= 11 is 0. The van der Waals surface area contributed by atoms with Crippen LogP contribution >= 0.6 is 0 Å². The largest absolute Gasteiger partial charge is 0.365 e. The number of hydrogen-bond acceptors (Lipinski definition) is 7. The molecular weight excluding hydrogens is 1030 g/mol. The van der Waals surface area contributed by atoms with Crippen LogP contribution in [-0.4, -0.2) is 62.6 Å². The standard InChI is InChI=1S/C24H15NO.C15H11NO2.C14H11NO.C12H19NO.C6H9NO2/c1-13-15-9-10-18-16-7-3-5-14-6-4-8-17(21(14)16)19-11-12-20(22(15)23(18)19)24(26)25(13)2;1-16-14(17)12-8-4-2-6-10(12)11-7-3-5-9-13(11)15(16)18;1-9-11-7-3-5-10-6-4-8-12(13(10)11)14(16)15(9)2;1-10-8-12(6-4-3-5-7-12)9-11(14)13(10)2;1-5-3-9-4-6(8)7(5)2/h3-12H,1H2,2H3;2-9H,1H3;3-8H,1H2,2H3;1,3-9H2,2H3;1,3-4H2,2H3. The Morgan fingerprint density at radius 3 is 1.22 bits per heavy atom. The number of nitrogens with zero attached hydrogens (tertiary/aromatic N) is 5. The molecule has 0 radical (unpaired) electrons. The van der Waals surface area contributed by atoms with E-state index in [1.165, 1.54) is 86.3 Å². The van der Waals surface area contributed by atoms with Gasteiger partial charge in [0.15, 0.2) is 0 Å². The minimum atomic E-state index is -0.258. The van der Waals surface area contributed by atoms with Crippen molar-refractivity contribution in [2.75, 3.05) is 27.3 Å². The highest BCUT2D eigenvalue weighted by atomic mass is 16.5. The van der Waals surface area contributed by atoms with Gasteiger partial charge in [0, 0.05) is 107 Å². The predicted molar refractivity (Wildman–Crippen MR) is 341 cm³/mol. The summed E-state index contributed by atoms with van der Waals surface area (Å²) < 4.78 is 9.30. The molecule has 0 N–H and O–H groups in total. The molecule has 3 fully saturated rings. The van der Waals surface area contributed by atoms with Gasteiger partial charge in [-0.15, -0.1) is 0 Å². The summed E-state index contributed by atoms with van der Waals surface area (Å²) in [5.74, 6) is 0.245. The van der Waals surface area contributed by atoms with Gasteiger partial charge in [-0.3, -0.25) is 33.3 Å². The van der Waals surface area contributed by atoms with E-state index in [-0.39, 0.29) is 40.7 Å². The number of morpholine rings is 1. The van der Waals surface area contributed by atoms with Crippen molar-refractivity contribution >= 4 is 122 Å². The average molecular weight is 1100 g/mol. The summed E-state index contributed by atoms with van der Waals surface area (Å²) in [4.78, 5) is 75.1. The number of ether oxygens (including phenoxy) is 1. The molecule has 3 aromatic heterocycles. The quantitative estimate of drug-likeness (QED) is 0.109. The third-order valence-electron chi connectivity index (χ3n) is 17.5. The van der Waals surface area contributed by atoms with Crippen LogP contribution < -0.4 is 32.9 Å². The molecule has 12 aromatic rings. The number of pyridine rings is 2. The average Bonchev–Trinajstić information content (AvgIpc) is 3.34. The summed E-state index contributed by atoms with van der Waals surface area (Å²) in [6, 6.07) is 47.8. The predicted octanol–water partition coefficient (Wildman–Crippen LogP) is 11.3. The molecule has 9 aromatic carbocycles. The number of rotatable bonds is 0. The minimum Gasteiger partial charge on any atom is -0.365 e. The Balaban J connectivity index is 0.000000113. The summed E-state index contributed by atoms with van der Waals surface area (Å²) in [5.41, 5.74) is 1.56. The van der Waals surface area contributed by atoms with E-state index in [1.807, 2.05) is 85.9 Å². The summed E-state index contributed by atoms with van der Waals surface area (Å²) in [6.45, 7) is 16.4. The summed E-state index contributed by atoms with van der Waals surface area (Å²) in [5, 5.41) is 19.7. The van der Waals surface area contributed by atoms with Crippen LogP contribution in [0, 0.1) is 5.41 Å². The van der Waals surface area contributed by atoms with Gasteiger partial charge in [0.25, 0.3) is 28.1 Å². The Kier molecular flexibility index (Phi) is 14.7. The monoisotopic (exact) mass is 1100 g/mol. The molecule has 15 rings (SSSR count). The molecule has 1 saturated carbocycles. The van der Waals surface area contributed by atoms with E-state index in [1.54, 1.807) is 47.3 Å². The molecule has 0 bridgehead atoms. The molecule has 2 amide bonds. The molecule has 12 nitrogen and oxygen atoms in total. The maximum atomic E-state index is 12.8. The molecule has 1 aliphatic carbocycles. The summed E-state index contributed by atoms with van der Waals surface area (Å²) in [7, 11) is 8.62. The van der Waals surface area contributed by atoms with E-state index in [4.69, 9.17) is 4.74 Å². The van der Waals surface area contributed by atoms with Crippen LogP contribution in [0.15, 0.2) is 189 Å². The van der Waals surface area contributed by atoms with Crippen molar-refractivity contribution in [1.82, 2.24) is 23.5 Å².